The Labute approximate surface area is 129 Å². The molecule has 120 valence electrons. The Hall–Kier alpha value is -1.00. The third kappa shape index (κ3) is 6.10. The van der Waals surface area contributed by atoms with Crippen LogP contribution in [0.4, 0.5) is 0 Å². The van der Waals surface area contributed by atoms with E-state index in [0.29, 0.717) is 6.61 Å². The standard InChI is InChI=1S/C17H31N3O/c1-9-21-14(16(3,4)5)15-19-12(2)10-13(20-15)11-18-17(6,7)8/h10,14,18H,9,11H2,1-8H3. The maximum Gasteiger partial charge on any atom is 0.158 e. The van der Waals surface area contributed by atoms with Crippen LogP contribution in [0.15, 0.2) is 6.07 Å². The van der Waals surface area contributed by atoms with Crippen LogP contribution >= 0.6 is 0 Å². The van der Waals surface area contributed by atoms with Crippen molar-refractivity contribution in [2.45, 2.75) is 73.6 Å². The van der Waals surface area contributed by atoms with Gasteiger partial charge in [-0.1, -0.05) is 20.8 Å². The third-order valence-corrected chi connectivity index (χ3v) is 3.08. The molecule has 1 N–H and O–H groups in total. The van der Waals surface area contributed by atoms with E-state index in [4.69, 9.17) is 9.72 Å². The van der Waals surface area contributed by atoms with Gasteiger partial charge in [0.25, 0.3) is 0 Å². The molecule has 4 heteroatoms. The zero-order valence-electron chi connectivity index (χ0n) is 14.9. The van der Waals surface area contributed by atoms with E-state index in [1.807, 2.05) is 19.9 Å². The fourth-order valence-electron chi connectivity index (χ4n) is 2.10. The first kappa shape index (κ1) is 18.1. The molecule has 1 aromatic rings. The summed E-state index contributed by atoms with van der Waals surface area (Å²) in [5, 5.41) is 3.47. The van der Waals surface area contributed by atoms with E-state index < -0.39 is 0 Å². The molecule has 0 bridgehead atoms. The van der Waals surface area contributed by atoms with Gasteiger partial charge in [-0.15, -0.1) is 0 Å². The van der Waals surface area contributed by atoms with Crippen LogP contribution in [0.25, 0.3) is 0 Å². The average molecular weight is 293 g/mol. The first-order valence-corrected chi connectivity index (χ1v) is 7.74. The topological polar surface area (TPSA) is 47.0 Å². The predicted octanol–water partition coefficient (Wildman–Crippen LogP) is 3.80. The Morgan fingerprint density at radius 3 is 2.24 bits per heavy atom. The van der Waals surface area contributed by atoms with Gasteiger partial charge in [0.15, 0.2) is 5.82 Å². The van der Waals surface area contributed by atoms with E-state index in [2.05, 4.69) is 51.8 Å². The zero-order valence-corrected chi connectivity index (χ0v) is 14.9. The van der Waals surface area contributed by atoms with E-state index in [1.165, 1.54) is 0 Å². The second-order valence-electron chi connectivity index (χ2n) is 7.66. The summed E-state index contributed by atoms with van der Waals surface area (Å²) in [6.45, 7) is 18.4. The lowest BCUT2D eigenvalue weighted by molar-refractivity contribution is -0.0193. The molecule has 0 saturated carbocycles. The highest BCUT2D eigenvalue weighted by atomic mass is 16.5. The van der Waals surface area contributed by atoms with Crippen molar-refractivity contribution in [1.82, 2.24) is 15.3 Å². The molecule has 0 radical (unpaired) electrons. The predicted molar refractivity (Wildman–Crippen MR) is 87.2 cm³/mol. The Bertz CT molecular complexity index is 458. The number of hydrogen-bond donors (Lipinski definition) is 1. The average Bonchev–Trinajstić information content (AvgIpc) is 2.30. The molecule has 0 amide bonds. The smallest absolute Gasteiger partial charge is 0.158 e. The van der Waals surface area contributed by atoms with Crippen LogP contribution in [-0.4, -0.2) is 22.1 Å². The second-order valence-corrected chi connectivity index (χ2v) is 7.66. The van der Waals surface area contributed by atoms with Gasteiger partial charge in [0, 0.05) is 24.4 Å². The highest BCUT2D eigenvalue weighted by Gasteiger charge is 2.29. The third-order valence-electron chi connectivity index (χ3n) is 3.08. The Balaban J connectivity index is 3.04. The quantitative estimate of drug-likeness (QED) is 0.897. The molecule has 0 aliphatic rings. The normalized spacial score (nSPS) is 14.3. The fourth-order valence-corrected chi connectivity index (χ4v) is 2.10. The molecule has 0 aromatic carbocycles. The number of rotatable bonds is 5. The first-order chi connectivity index (χ1) is 9.53. The van der Waals surface area contributed by atoms with Gasteiger partial charge < -0.3 is 10.1 Å². The fraction of sp³-hybridized carbons (Fsp3) is 0.765. The van der Waals surface area contributed by atoms with Gasteiger partial charge in [-0.05, 0) is 46.1 Å². The van der Waals surface area contributed by atoms with E-state index in [1.54, 1.807) is 0 Å². The van der Waals surface area contributed by atoms with Crippen molar-refractivity contribution in [2.24, 2.45) is 5.41 Å². The lowest BCUT2D eigenvalue weighted by Crippen LogP contribution is -2.35. The number of hydrogen-bond acceptors (Lipinski definition) is 4. The molecule has 1 unspecified atom stereocenters. The van der Waals surface area contributed by atoms with Crippen LogP contribution in [0, 0.1) is 12.3 Å². The van der Waals surface area contributed by atoms with Crippen LogP contribution in [0.2, 0.25) is 0 Å². The highest BCUT2D eigenvalue weighted by molar-refractivity contribution is 5.12. The minimum absolute atomic E-state index is 0.0292. The van der Waals surface area contributed by atoms with Gasteiger partial charge in [-0.3, -0.25) is 0 Å². The molecule has 21 heavy (non-hydrogen) atoms. The van der Waals surface area contributed by atoms with Crippen LogP contribution in [0.1, 0.15) is 71.8 Å². The van der Waals surface area contributed by atoms with Crippen molar-refractivity contribution in [3.8, 4) is 0 Å². The number of nitrogens with zero attached hydrogens (tertiary/aromatic N) is 2. The maximum absolute atomic E-state index is 5.90. The summed E-state index contributed by atoms with van der Waals surface area (Å²) in [4.78, 5) is 9.32. The zero-order chi connectivity index (χ0) is 16.3. The van der Waals surface area contributed by atoms with Crippen LogP contribution < -0.4 is 5.32 Å². The van der Waals surface area contributed by atoms with Crippen molar-refractivity contribution in [3.63, 3.8) is 0 Å². The lowest BCUT2D eigenvalue weighted by atomic mass is 9.88. The molecule has 0 saturated heterocycles. The molecular weight excluding hydrogens is 262 g/mol. The van der Waals surface area contributed by atoms with E-state index in [-0.39, 0.29) is 17.1 Å². The van der Waals surface area contributed by atoms with Crippen LogP contribution in [-0.2, 0) is 11.3 Å². The summed E-state index contributed by atoms with van der Waals surface area (Å²) in [5.74, 6) is 0.787. The molecule has 0 aliphatic heterocycles. The molecule has 0 fully saturated rings. The summed E-state index contributed by atoms with van der Waals surface area (Å²) in [6.07, 6.45) is -0.0872. The number of nitrogens with one attached hydrogen (secondary N) is 1. The van der Waals surface area contributed by atoms with Crippen molar-refractivity contribution in [1.29, 1.82) is 0 Å². The summed E-state index contributed by atoms with van der Waals surface area (Å²) in [7, 11) is 0. The lowest BCUT2D eigenvalue weighted by Gasteiger charge is -2.29. The SMILES string of the molecule is CCOC(c1nc(C)cc(CNC(C)(C)C)n1)C(C)(C)C. The minimum atomic E-state index is -0.0872. The van der Waals surface area contributed by atoms with Crippen molar-refractivity contribution in [3.05, 3.63) is 23.3 Å². The van der Waals surface area contributed by atoms with Gasteiger partial charge in [0.05, 0.1) is 5.69 Å². The maximum atomic E-state index is 5.90. The minimum Gasteiger partial charge on any atom is -0.370 e. The van der Waals surface area contributed by atoms with E-state index >= 15 is 0 Å². The van der Waals surface area contributed by atoms with Gasteiger partial charge in [0.1, 0.15) is 6.10 Å². The molecule has 1 heterocycles. The van der Waals surface area contributed by atoms with Gasteiger partial charge in [-0.25, -0.2) is 9.97 Å². The number of aromatic nitrogens is 2. The van der Waals surface area contributed by atoms with E-state index in [9.17, 15) is 0 Å². The van der Waals surface area contributed by atoms with Crippen LogP contribution in [0.3, 0.4) is 0 Å². The monoisotopic (exact) mass is 293 g/mol. The first-order valence-electron chi connectivity index (χ1n) is 7.74. The van der Waals surface area contributed by atoms with E-state index in [0.717, 1.165) is 23.8 Å². The van der Waals surface area contributed by atoms with Crippen molar-refractivity contribution >= 4 is 0 Å². The summed E-state index contributed by atoms with van der Waals surface area (Å²) in [6, 6.07) is 2.04. The Morgan fingerprint density at radius 2 is 1.76 bits per heavy atom. The Morgan fingerprint density at radius 1 is 1.14 bits per heavy atom. The molecule has 1 atom stereocenters. The molecule has 4 nitrogen and oxygen atoms in total. The molecular formula is C17H31N3O. The summed E-state index contributed by atoms with van der Waals surface area (Å²) in [5.41, 5.74) is 2.04. The largest absolute Gasteiger partial charge is 0.370 e. The summed E-state index contributed by atoms with van der Waals surface area (Å²) >= 11 is 0. The van der Waals surface area contributed by atoms with Crippen molar-refractivity contribution in [2.75, 3.05) is 6.61 Å². The Kier molecular flexibility index (Phi) is 5.88. The second kappa shape index (κ2) is 6.84. The van der Waals surface area contributed by atoms with Crippen LogP contribution in [0.5, 0.6) is 0 Å². The molecule has 0 aliphatic carbocycles. The van der Waals surface area contributed by atoms with Gasteiger partial charge in [0.2, 0.25) is 0 Å². The van der Waals surface area contributed by atoms with Gasteiger partial charge >= 0.3 is 0 Å². The molecule has 1 rings (SSSR count). The number of aryl methyl sites for hydroxylation is 1. The van der Waals surface area contributed by atoms with Gasteiger partial charge in [-0.2, -0.15) is 0 Å². The van der Waals surface area contributed by atoms with Crippen molar-refractivity contribution < 1.29 is 4.74 Å². The molecule has 1 aromatic heterocycles. The highest BCUT2D eigenvalue weighted by Crippen LogP contribution is 2.34. The number of ether oxygens (including phenoxy) is 1. The summed E-state index contributed by atoms with van der Waals surface area (Å²) < 4.78 is 5.90. The molecule has 0 spiro atoms.